The van der Waals surface area contributed by atoms with E-state index in [2.05, 4.69) is 4.98 Å². The van der Waals surface area contributed by atoms with Gasteiger partial charge in [-0.25, -0.2) is 4.79 Å². The minimum Gasteiger partial charge on any atom is -0.496 e. The molecule has 98 valence electrons. The Bertz CT molecular complexity index is 771. The lowest BCUT2D eigenvalue weighted by Crippen LogP contribution is -2.09. The van der Waals surface area contributed by atoms with E-state index in [1.54, 1.807) is 19.2 Å². The summed E-state index contributed by atoms with van der Waals surface area (Å²) in [6, 6.07) is 7.10. The number of H-pyrrole nitrogens is 1. The van der Waals surface area contributed by atoms with Crippen LogP contribution in [0.4, 0.5) is 0 Å². The molecule has 1 atom stereocenters. The number of hydrogen-bond donors (Lipinski definition) is 2. The molecule has 0 amide bonds. The molecule has 0 spiro atoms. The molecule has 0 aliphatic rings. The molecule has 2 aromatic heterocycles. The van der Waals surface area contributed by atoms with Crippen LogP contribution in [0.5, 0.6) is 5.75 Å². The summed E-state index contributed by atoms with van der Waals surface area (Å²) in [5, 5.41) is 1.91. The molecule has 0 aliphatic heterocycles. The fourth-order valence-corrected chi connectivity index (χ4v) is 2.81. The van der Waals surface area contributed by atoms with Gasteiger partial charge in [-0.15, -0.1) is 11.3 Å². The number of aromatic nitrogens is 1. The van der Waals surface area contributed by atoms with E-state index in [1.165, 1.54) is 11.3 Å². The first-order valence-corrected chi connectivity index (χ1v) is 6.56. The van der Waals surface area contributed by atoms with E-state index in [-0.39, 0.29) is 6.04 Å². The second-order valence-corrected chi connectivity index (χ2v) is 5.08. The van der Waals surface area contributed by atoms with Gasteiger partial charge in [0.25, 0.3) is 0 Å². The molecule has 0 fully saturated rings. The fourth-order valence-electron chi connectivity index (χ4n) is 1.92. The maximum absolute atomic E-state index is 11.1. The third-order valence-electron chi connectivity index (χ3n) is 2.94. The summed E-state index contributed by atoms with van der Waals surface area (Å²) in [6.45, 7) is 0. The highest BCUT2D eigenvalue weighted by molar-refractivity contribution is 7.10. The summed E-state index contributed by atoms with van der Waals surface area (Å²) >= 11 is 1.54. The average Bonchev–Trinajstić information content (AvgIpc) is 3.01. The topological polar surface area (TPSA) is 81.2 Å². The summed E-state index contributed by atoms with van der Waals surface area (Å²) < 4.78 is 10.2. The lowest BCUT2D eigenvalue weighted by Gasteiger charge is -2.09. The van der Waals surface area contributed by atoms with Gasteiger partial charge in [0, 0.05) is 10.3 Å². The Morgan fingerprint density at radius 1 is 1.42 bits per heavy atom. The Hall–Kier alpha value is -2.05. The monoisotopic (exact) mass is 276 g/mol. The largest absolute Gasteiger partial charge is 0.496 e. The molecular weight excluding hydrogens is 264 g/mol. The lowest BCUT2D eigenvalue weighted by molar-refractivity contribution is 0.416. The van der Waals surface area contributed by atoms with Gasteiger partial charge in [0.1, 0.15) is 5.75 Å². The summed E-state index contributed by atoms with van der Waals surface area (Å²) in [4.78, 5) is 14.7. The number of ether oxygens (including phenoxy) is 1. The van der Waals surface area contributed by atoms with Gasteiger partial charge in [-0.2, -0.15) is 0 Å². The van der Waals surface area contributed by atoms with E-state index in [0.717, 1.165) is 16.2 Å². The average molecular weight is 276 g/mol. The van der Waals surface area contributed by atoms with Crippen molar-refractivity contribution in [1.29, 1.82) is 0 Å². The molecule has 6 heteroatoms. The number of thiophene rings is 1. The SMILES string of the molecule is COc1csc(C(N)c2ccc3[nH]c(=O)oc3c2)c1. The van der Waals surface area contributed by atoms with E-state index >= 15 is 0 Å². The van der Waals surface area contributed by atoms with E-state index in [0.29, 0.717) is 11.1 Å². The van der Waals surface area contributed by atoms with Gasteiger partial charge in [0.15, 0.2) is 5.58 Å². The number of aromatic amines is 1. The number of nitrogens with one attached hydrogen (secondary N) is 1. The van der Waals surface area contributed by atoms with Gasteiger partial charge in [0.05, 0.1) is 18.7 Å². The van der Waals surface area contributed by atoms with Crippen LogP contribution < -0.4 is 16.2 Å². The minimum absolute atomic E-state index is 0.265. The summed E-state index contributed by atoms with van der Waals surface area (Å²) in [6.07, 6.45) is 0. The Balaban J connectivity index is 2.00. The summed E-state index contributed by atoms with van der Waals surface area (Å²) in [5.74, 6) is 0.336. The predicted octanol–water partition coefficient (Wildman–Crippen LogP) is 2.24. The van der Waals surface area contributed by atoms with Crippen molar-refractivity contribution in [2.24, 2.45) is 5.73 Å². The van der Waals surface area contributed by atoms with E-state index in [4.69, 9.17) is 14.9 Å². The minimum atomic E-state index is -0.460. The number of benzene rings is 1. The van der Waals surface area contributed by atoms with E-state index in [1.807, 2.05) is 17.5 Å². The third-order valence-corrected chi connectivity index (χ3v) is 3.94. The molecule has 0 saturated carbocycles. The lowest BCUT2D eigenvalue weighted by atomic mass is 10.1. The van der Waals surface area contributed by atoms with Gasteiger partial charge >= 0.3 is 5.76 Å². The van der Waals surface area contributed by atoms with Crippen LogP contribution >= 0.6 is 11.3 Å². The van der Waals surface area contributed by atoms with Crippen molar-refractivity contribution in [3.63, 3.8) is 0 Å². The van der Waals surface area contributed by atoms with Crippen LogP contribution in [-0.2, 0) is 0 Å². The molecule has 1 unspecified atom stereocenters. The third kappa shape index (κ3) is 2.16. The van der Waals surface area contributed by atoms with E-state index < -0.39 is 5.76 Å². The normalized spacial score (nSPS) is 12.7. The number of fused-ring (bicyclic) bond motifs is 1. The first kappa shape index (κ1) is 12.0. The summed E-state index contributed by atoms with van der Waals surface area (Å²) in [5.41, 5.74) is 8.28. The van der Waals surface area contributed by atoms with Crippen molar-refractivity contribution in [3.8, 4) is 5.75 Å². The zero-order chi connectivity index (χ0) is 13.4. The van der Waals surface area contributed by atoms with Crippen LogP contribution in [0, 0.1) is 0 Å². The van der Waals surface area contributed by atoms with Crippen molar-refractivity contribution in [1.82, 2.24) is 4.98 Å². The molecule has 0 aliphatic carbocycles. The highest BCUT2D eigenvalue weighted by Crippen LogP contribution is 2.30. The fraction of sp³-hybridized carbons (Fsp3) is 0.154. The first-order valence-electron chi connectivity index (χ1n) is 5.68. The van der Waals surface area contributed by atoms with Gasteiger partial charge in [-0.05, 0) is 23.8 Å². The quantitative estimate of drug-likeness (QED) is 0.768. The molecule has 0 bridgehead atoms. The van der Waals surface area contributed by atoms with Crippen LogP contribution in [-0.4, -0.2) is 12.1 Å². The van der Waals surface area contributed by atoms with Crippen LogP contribution in [0.1, 0.15) is 16.5 Å². The number of rotatable bonds is 3. The highest BCUT2D eigenvalue weighted by Gasteiger charge is 2.13. The molecule has 3 N–H and O–H groups in total. The smallest absolute Gasteiger partial charge is 0.417 e. The molecule has 3 rings (SSSR count). The van der Waals surface area contributed by atoms with Crippen LogP contribution in [0.15, 0.2) is 38.9 Å². The molecule has 1 aromatic carbocycles. The van der Waals surface area contributed by atoms with Crippen molar-refractivity contribution in [2.45, 2.75) is 6.04 Å². The Morgan fingerprint density at radius 3 is 3.00 bits per heavy atom. The number of oxazole rings is 1. The maximum Gasteiger partial charge on any atom is 0.417 e. The zero-order valence-corrected chi connectivity index (χ0v) is 11.0. The second kappa shape index (κ2) is 4.56. The van der Waals surface area contributed by atoms with Gasteiger partial charge in [0.2, 0.25) is 0 Å². The molecular formula is C13H12N2O3S. The number of nitrogens with two attached hydrogens (primary N) is 1. The molecule has 19 heavy (non-hydrogen) atoms. The highest BCUT2D eigenvalue weighted by atomic mass is 32.1. The molecule has 3 aromatic rings. The zero-order valence-electron chi connectivity index (χ0n) is 10.2. The Morgan fingerprint density at radius 2 is 2.26 bits per heavy atom. The van der Waals surface area contributed by atoms with Crippen molar-refractivity contribution in [3.05, 3.63) is 50.6 Å². The number of hydrogen-bond acceptors (Lipinski definition) is 5. The van der Waals surface area contributed by atoms with E-state index in [9.17, 15) is 4.79 Å². The first-order chi connectivity index (χ1) is 9.17. The summed E-state index contributed by atoms with van der Waals surface area (Å²) in [7, 11) is 1.62. The van der Waals surface area contributed by atoms with Crippen LogP contribution in [0.25, 0.3) is 11.1 Å². The standard InChI is InChI=1S/C13H12N2O3S/c1-17-8-5-11(19-6-8)12(14)7-2-3-9-10(4-7)18-13(16)15-9/h2-6,12H,14H2,1H3,(H,15,16). The van der Waals surface area contributed by atoms with Gasteiger partial charge in [-0.1, -0.05) is 6.07 Å². The molecule has 0 saturated heterocycles. The Labute approximate surface area is 112 Å². The molecule has 5 nitrogen and oxygen atoms in total. The van der Waals surface area contributed by atoms with Gasteiger partial charge in [-0.3, -0.25) is 4.98 Å². The molecule has 2 heterocycles. The molecule has 0 radical (unpaired) electrons. The van der Waals surface area contributed by atoms with Crippen LogP contribution in [0.2, 0.25) is 0 Å². The van der Waals surface area contributed by atoms with Crippen LogP contribution in [0.3, 0.4) is 0 Å². The van der Waals surface area contributed by atoms with Gasteiger partial charge < -0.3 is 14.9 Å². The predicted molar refractivity (Wildman–Crippen MR) is 73.7 cm³/mol. The van der Waals surface area contributed by atoms with Crippen molar-refractivity contribution >= 4 is 22.4 Å². The van der Waals surface area contributed by atoms with Crippen molar-refractivity contribution < 1.29 is 9.15 Å². The second-order valence-electron chi connectivity index (χ2n) is 4.14. The maximum atomic E-state index is 11.1. The Kier molecular flexibility index (Phi) is 2.88. The van der Waals surface area contributed by atoms with Crippen molar-refractivity contribution in [2.75, 3.05) is 7.11 Å². The number of methoxy groups -OCH3 is 1.